The summed E-state index contributed by atoms with van der Waals surface area (Å²) in [5, 5.41) is 19.9. The quantitative estimate of drug-likeness (QED) is 0.752. The highest BCUT2D eigenvalue weighted by molar-refractivity contribution is 5.32. The molecular weight excluding hydrogens is 272 g/mol. The molecule has 0 unspecified atom stereocenters. The minimum absolute atomic E-state index is 0.0270. The first kappa shape index (κ1) is 17.7. The Balaban J connectivity index is 2.43. The van der Waals surface area contributed by atoms with Gasteiger partial charge in [-0.2, -0.15) is 0 Å². The topological polar surface area (TPSA) is 40.5 Å². The molecule has 2 aliphatic rings. The van der Waals surface area contributed by atoms with Gasteiger partial charge < -0.3 is 10.2 Å². The summed E-state index contributed by atoms with van der Waals surface area (Å²) in [5.74, 6) is 0.299. The van der Waals surface area contributed by atoms with E-state index < -0.39 is 5.60 Å². The van der Waals surface area contributed by atoms with Crippen LogP contribution in [0.4, 0.5) is 0 Å². The van der Waals surface area contributed by atoms with Crippen molar-refractivity contribution in [2.45, 2.75) is 72.8 Å². The molecule has 0 heterocycles. The van der Waals surface area contributed by atoms with Crippen molar-refractivity contribution in [2.24, 2.45) is 22.2 Å². The average Bonchev–Trinajstić information content (AvgIpc) is 2.59. The van der Waals surface area contributed by atoms with Gasteiger partial charge in [-0.3, -0.25) is 0 Å². The van der Waals surface area contributed by atoms with Gasteiger partial charge in [0.15, 0.2) is 0 Å². The van der Waals surface area contributed by atoms with Gasteiger partial charge in [0.2, 0.25) is 0 Å². The molecule has 0 saturated heterocycles. The predicted octanol–water partition coefficient (Wildman–Crippen LogP) is 4.47. The lowest BCUT2D eigenvalue weighted by Gasteiger charge is -2.55. The van der Waals surface area contributed by atoms with Crippen LogP contribution in [-0.4, -0.2) is 22.4 Å². The molecule has 0 aromatic carbocycles. The fourth-order valence-corrected chi connectivity index (χ4v) is 5.05. The van der Waals surface area contributed by atoms with E-state index >= 15 is 0 Å². The maximum Gasteiger partial charge on any atom is 0.0771 e. The largest absolute Gasteiger partial charge is 0.396 e. The lowest BCUT2D eigenvalue weighted by atomic mass is 9.48. The summed E-state index contributed by atoms with van der Waals surface area (Å²) in [4.78, 5) is 0. The molecule has 2 nitrogen and oxygen atoms in total. The highest BCUT2D eigenvalue weighted by atomic mass is 16.3. The van der Waals surface area contributed by atoms with E-state index in [4.69, 9.17) is 0 Å². The molecule has 2 heteroatoms. The van der Waals surface area contributed by atoms with Crippen molar-refractivity contribution in [2.75, 3.05) is 6.61 Å². The molecule has 0 amide bonds. The Morgan fingerprint density at radius 3 is 2.45 bits per heavy atom. The zero-order valence-corrected chi connectivity index (χ0v) is 15.2. The van der Waals surface area contributed by atoms with E-state index in [1.54, 1.807) is 5.57 Å². The molecule has 3 atom stereocenters. The van der Waals surface area contributed by atoms with Crippen molar-refractivity contribution in [3.8, 4) is 0 Å². The van der Waals surface area contributed by atoms with Crippen LogP contribution in [0.1, 0.15) is 67.2 Å². The molecule has 0 radical (unpaired) electrons. The van der Waals surface area contributed by atoms with Crippen LogP contribution in [-0.2, 0) is 0 Å². The second-order valence-electron chi connectivity index (χ2n) is 9.04. The first-order valence-electron chi connectivity index (χ1n) is 8.68. The minimum atomic E-state index is -0.772. The minimum Gasteiger partial charge on any atom is -0.396 e. The Morgan fingerprint density at radius 2 is 1.91 bits per heavy atom. The van der Waals surface area contributed by atoms with Crippen LogP contribution in [0, 0.1) is 22.2 Å². The molecule has 0 aromatic rings. The van der Waals surface area contributed by atoms with E-state index in [9.17, 15) is 10.2 Å². The number of rotatable bonds is 4. The highest BCUT2D eigenvalue weighted by Crippen LogP contribution is 2.70. The normalized spacial score (nSPS) is 38.2. The third kappa shape index (κ3) is 2.59. The molecule has 2 rings (SSSR count). The lowest BCUT2D eigenvalue weighted by Crippen LogP contribution is -2.49. The summed E-state index contributed by atoms with van der Waals surface area (Å²) >= 11 is 0. The van der Waals surface area contributed by atoms with Gasteiger partial charge in [0, 0.05) is 6.61 Å². The van der Waals surface area contributed by atoms with Gasteiger partial charge in [-0.05, 0) is 61.7 Å². The standard InChI is InChI=1S/C20H34O2/c1-17(2)10-7-9-15-13-16(14-21)19(5,20(15,17)6)12-8-11-18(3,4)22/h8-9,11,16,21-22H,7,10,12-14H2,1-6H3/b11-8+/t16-,19-,20-/m1/s1. The van der Waals surface area contributed by atoms with Crippen LogP contribution >= 0.6 is 0 Å². The molecule has 2 N–H and O–H groups in total. The molecular formula is C20H34O2. The number of hydrogen-bond donors (Lipinski definition) is 2. The number of fused-ring (bicyclic) bond motifs is 1. The summed E-state index contributed by atoms with van der Waals surface area (Å²) in [6.45, 7) is 13.4. The fraction of sp³-hybridized carbons (Fsp3) is 0.800. The molecule has 1 fully saturated rings. The SMILES string of the molecule is CC(C)(O)/C=C/C[C@]1(C)[C@@H](CO)CC2=CCCC(C)(C)[C@@]21C. The molecule has 0 bridgehead atoms. The molecule has 1 saturated carbocycles. The van der Waals surface area contributed by atoms with Crippen molar-refractivity contribution in [3.63, 3.8) is 0 Å². The van der Waals surface area contributed by atoms with E-state index in [0.717, 1.165) is 19.3 Å². The van der Waals surface area contributed by atoms with Crippen LogP contribution in [0.3, 0.4) is 0 Å². The summed E-state index contributed by atoms with van der Waals surface area (Å²) in [6, 6.07) is 0. The van der Waals surface area contributed by atoms with Crippen molar-refractivity contribution in [3.05, 3.63) is 23.8 Å². The molecule has 0 aliphatic heterocycles. The second-order valence-corrected chi connectivity index (χ2v) is 9.04. The Hall–Kier alpha value is -0.600. The van der Waals surface area contributed by atoms with Crippen molar-refractivity contribution < 1.29 is 10.2 Å². The molecule has 0 aromatic heterocycles. The van der Waals surface area contributed by atoms with E-state index in [2.05, 4.69) is 39.8 Å². The Labute approximate surface area is 136 Å². The van der Waals surface area contributed by atoms with E-state index in [-0.39, 0.29) is 22.9 Å². The summed E-state index contributed by atoms with van der Waals surface area (Å²) in [7, 11) is 0. The molecule has 2 aliphatic carbocycles. The summed E-state index contributed by atoms with van der Waals surface area (Å²) in [5.41, 5.74) is 1.14. The average molecular weight is 306 g/mol. The molecule has 126 valence electrons. The predicted molar refractivity (Wildman–Crippen MR) is 92.6 cm³/mol. The smallest absolute Gasteiger partial charge is 0.0771 e. The lowest BCUT2D eigenvalue weighted by molar-refractivity contribution is -0.0378. The van der Waals surface area contributed by atoms with Gasteiger partial charge in [-0.1, -0.05) is 51.5 Å². The zero-order chi connectivity index (χ0) is 16.8. The second kappa shape index (κ2) is 5.49. The fourth-order valence-electron chi connectivity index (χ4n) is 5.05. The van der Waals surface area contributed by atoms with Gasteiger partial charge in [0.1, 0.15) is 0 Å². The van der Waals surface area contributed by atoms with Gasteiger partial charge in [-0.15, -0.1) is 0 Å². The molecule has 0 spiro atoms. The van der Waals surface area contributed by atoms with Gasteiger partial charge in [0.05, 0.1) is 5.60 Å². The van der Waals surface area contributed by atoms with Gasteiger partial charge in [0.25, 0.3) is 0 Å². The van der Waals surface area contributed by atoms with Crippen molar-refractivity contribution >= 4 is 0 Å². The van der Waals surface area contributed by atoms with Gasteiger partial charge in [-0.25, -0.2) is 0 Å². The number of allylic oxidation sites excluding steroid dienone is 3. The van der Waals surface area contributed by atoms with E-state index in [0.29, 0.717) is 5.92 Å². The third-order valence-corrected chi connectivity index (χ3v) is 6.95. The maximum atomic E-state index is 9.99. The van der Waals surface area contributed by atoms with Crippen LogP contribution in [0.5, 0.6) is 0 Å². The van der Waals surface area contributed by atoms with Crippen LogP contribution < -0.4 is 0 Å². The maximum absolute atomic E-state index is 9.99. The molecule has 22 heavy (non-hydrogen) atoms. The Kier molecular flexibility index (Phi) is 4.43. The number of aliphatic hydroxyl groups excluding tert-OH is 1. The highest BCUT2D eigenvalue weighted by Gasteiger charge is 2.62. The van der Waals surface area contributed by atoms with Crippen molar-refractivity contribution in [1.29, 1.82) is 0 Å². The summed E-state index contributed by atoms with van der Waals surface area (Å²) in [6.07, 6.45) is 10.7. The first-order chi connectivity index (χ1) is 9.98. The van der Waals surface area contributed by atoms with E-state index in [1.165, 1.54) is 6.42 Å². The monoisotopic (exact) mass is 306 g/mol. The van der Waals surface area contributed by atoms with Crippen LogP contribution in [0.2, 0.25) is 0 Å². The number of aliphatic hydroxyl groups is 2. The van der Waals surface area contributed by atoms with E-state index in [1.807, 2.05) is 19.9 Å². The summed E-state index contributed by atoms with van der Waals surface area (Å²) < 4.78 is 0. The Bertz CT molecular complexity index is 480. The van der Waals surface area contributed by atoms with Crippen LogP contribution in [0.15, 0.2) is 23.8 Å². The first-order valence-corrected chi connectivity index (χ1v) is 8.68. The number of hydrogen-bond acceptors (Lipinski definition) is 2. The van der Waals surface area contributed by atoms with Crippen LogP contribution in [0.25, 0.3) is 0 Å². The Morgan fingerprint density at radius 1 is 1.27 bits per heavy atom. The third-order valence-electron chi connectivity index (χ3n) is 6.95. The van der Waals surface area contributed by atoms with Crippen molar-refractivity contribution in [1.82, 2.24) is 0 Å². The zero-order valence-electron chi connectivity index (χ0n) is 15.2. The van der Waals surface area contributed by atoms with Gasteiger partial charge >= 0.3 is 0 Å².